The topological polar surface area (TPSA) is 49.8 Å². The minimum atomic E-state index is -0.773. The van der Waals surface area contributed by atoms with E-state index in [1.54, 1.807) is 18.5 Å². The minimum absolute atomic E-state index is 0.0844. The van der Waals surface area contributed by atoms with Gasteiger partial charge in [0.25, 0.3) is 0 Å². The third-order valence-electron chi connectivity index (χ3n) is 2.20. The molecule has 2 N–H and O–H groups in total. The van der Waals surface area contributed by atoms with Crippen LogP contribution in [0.5, 0.6) is 0 Å². The van der Waals surface area contributed by atoms with Crippen LogP contribution in [0.2, 0.25) is 0 Å². The van der Waals surface area contributed by atoms with Crippen molar-refractivity contribution < 1.29 is 4.39 Å². The largest absolute Gasteiger partial charge is 0.350 e. The molecule has 2 heterocycles. The first kappa shape index (κ1) is 9.33. The normalized spacial score (nSPS) is 27.2. The molecule has 0 amide bonds. The highest BCUT2D eigenvalue weighted by Crippen LogP contribution is 2.10. The molecule has 0 aliphatic carbocycles. The van der Waals surface area contributed by atoms with Crippen molar-refractivity contribution in [1.29, 1.82) is 0 Å². The van der Waals surface area contributed by atoms with Gasteiger partial charge in [-0.1, -0.05) is 0 Å². The second-order valence-corrected chi connectivity index (χ2v) is 3.40. The summed E-state index contributed by atoms with van der Waals surface area (Å²) in [7, 11) is 0. The predicted molar refractivity (Wildman–Crippen MR) is 51.8 cm³/mol. The van der Waals surface area contributed by atoms with Crippen molar-refractivity contribution in [2.45, 2.75) is 18.6 Å². The lowest BCUT2D eigenvalue weighted by molar-refractivity contribution is 0.254. The molecule has 0 radical (unpaired) electrons. The first-order valence-corrected chi connectivity index (χ1v) is 4.73. The molecular formula is C9H13FN4. The van der Waals surface area contributed by atoms with Crippen LogP contribution in [0, 0.1) is 0 Å². The first-order chi connectivity index (χ1) is 6.84. The molecule has 1 fully saturated rings. The summed E-state index contributed by atoms with van der Waals surface area (Å²) >= 11 is 0. The van der Waals surface area contributed by atoms with Gasteiger partial charge in [-0.15, -0.1) is 0 Å². The van der Waals surface area contributed by atoms with Gasteiger partial charge in [-0.25, -0.2) is 14.4 Å². The molecule has 1 aromatic rings. The van der Waals surface area contributed by atoms with Crippen LogP contribution in [0.15, 0.2) is 18.5 Å². The lowest BCUT2D eigenvalue weighted by Gasteiger charge is -2.26. The number of rotatable bonds is 2. The Morgan fingerprint density at radius 2 is 2.14 bits per heavy atom. The Morgan fingerprint density at radius 1 is 1.36 bits per heavy atom. The molecule has 0 saturated carbocycles. The zero-order chi connectivity index (χ0) is 9.80. The summed E-state index contributed by atoms with van der Waals surface area (Å²) < 4.78 is 13.0. The van der Waals surface area contributed by atoms with Crippen LogP contribution in [0.1, 0.15) is 6.42 Å². The molecular weight excluding hydrogens is 183 g/mol. The monoisotopic (exact) mass is 196 g/mol. The molecule has 14 heavy (non-hydrogen) atoms. The van der Waals surface area contributed by atoms with E-state index in [-0.39, 0.29) is 6.04 Å². The van der Waals surface area contributed by atoms with E-state index in [1.807, 2.05) is 0 Å². The molecule has 0 spiro atoms. The summed E-state index contributed by atoms with van der Waals surface area (Å²) in [4.78, 5) is 8.05. The van der Waals surface area contributed by atoms with Gasteiger partial charge in [0.05, 0.1) is 0 Å². The minimum Gasteiger partial charge on any atom is -0.350 e. The Labute approximate surface area is 82.0 Å². The predicted octanol–water partition coefficient (Wildman–Crippen LogP) is 0.588. The molecule has 5 heteroatoms. The van der Waals surface area contributed by atoms with Gasteiger partial charge < -0.3 is 10.6 Å². The van der Waals surface area contributed by atoms with Crippen LogP contribution in [0.25, 0.3) is 0 Å². The average molecular weight is 196 g/mol. The van der Waals surface area contributed by atoms with Crippen molar-refractivity contribution in [3.63, 3.8) is 0 Å². The summed E-state index contributed by atoms with van der Waals surface area (Å²) in [5.41, 5.74) is 0. The number of hydrogen-bond acceptors (Lipinski definition) is 4. The van der Waals surface area contributed by atoms with Crippen molar-refractivity contribution in [3.8, 4) is 0 Å². The molecule has 1 saturated heterocycles. The summed E-state index contributed by atoms with van der Waals surface area (Å²) in [6.07, 6.45) is 3.08. The number of piperidine rings is 1. The van der Waals surface area contributed by atoms with Crippen LogP contribution in [0.3, 0.4) is 0 Å². The van der Waals surface area contributed by atoms with Crippen LogP contribution < -0.4 is 10.6 Å². The Kier molecular flexibility index (Phi) is 2.88. The molecule has 0 bridgehead atoms. The van der Waals surface area contributed by atoms with Gasteiger partial charge in [0.2, 0.25) is 5.95 Å². The number of halogens is 1. The van der Waals surface area contributed by atoms with Gasteiger partial charge >= 0.3 is 0 Å². The van der Waals surface area contributed by atoms with Crippen LogP contribution in [-0.4, -0.2) is 35.3 Å². The molecule has 76 valence electrons. The maximum Gasteiger partial charge on any atom is 0.222 e. The number of hydrogen-bond donors (Lipinski definition) is 2. The van der Waals surface area contributed by atoms with E-state index in [2.05, 4.69) is 20.6 Å². The van der Waals surface area contributed by atoms with Crippen LogP contribution in [-0.2, 0) is 0 Å². The maximum absolute atomic E-state index is 13.0. The molecule has 1 aromatic heterocycles. The quantitative estimate of drug-likeness (QED) is 0.726. The van der Waals surface area contributed by atoms with E-state index >= 15 is 0 Å². The Bertz CT molecular complexity index is 279. The molecule has 0 unspecified atom stereocenters. The number of aromatic nitrogens is 2. The summed E-state index contributed by atoms with van der Waals surface area (Å²) in [6, 6.07) is 1.84. The van der Waals surface area contributed by atoms with E-state index in [9.17, 15) is 4.39 Å². The van der Waals surface area contributed by atoms with E-state index in [4.69, 9.17) is 0 Å². The highest BCUT2D eigenvalue weighted by molar-refractivity contribution is 5.24. The fourth-order valence-corrected chi connectivity index (χ4v) is 1.56. The summed E-state index contributed by atoms with van der Waals surface area (Å²) in [5, 5.41) is 6.10. The fourth-order valence-electron chi connectivity index (χ4n) is 1.56. The zero-order valence-corrected chi connectivity index (χ0v) is 7.78. The van der Waals surface area contributed by atoms with Crippen molar-refractivity contribution in [2.75, 3.05) is 18.4 Å². The van der Waals surface area contributed by atoms with Crippen molar-refractivity contribution in [1.82, 2.24) is 15.3 Å². The molecule has 2 rings (SSSR count). The SMILES string of the molecule is F[C@H]1CNC[C@H](Nc2ncccn2)C1. The van der Waals surface area contributed by atoms with Gasteiger partial charge in [0, 0.05) is 37.9 Å². The van der Waals surface area contributed by atoms with Gasteiger partial charge in [0.15, 0.2) is 0 Å². The second kappa shape index (κ2) is 4.32. The molecule has 0 aromatic carbocycles. The van der Waals surface area contributed by atoms with Crippen molar-refractivity contribution >= 4 is 5.95 Å². The standard InChI is InChI=1S/C9H13FN4/c10-7-4-8(6-11-5-7)14-9-12-2-1-3-13-9/h1-3,7-8,11H,4-6H2,(H,12,13,14)/t7-,8-/m1/s1. The lowest BCUT2D eigenvalue weighted by Crippen LogP contribution is -2.44. The number of alkyl halides is 1. The van der Waals surface area contributed by atoms with Crippen LogP contribution >= 0.6 is 0 Å². The Balaban J connectivity index is 1.91. The molecule has 2 atom stereocenters. The third kappa shape index (κ3) is 2.38. The van der Waals surface area contributed by atoms with Gasteiger partial charge in [-0.3, -0.25) is 0 Å². The first-order valence-electron chi connectivity index (χ1n) is 4.73. The van der Waals surface area contributed by atoms with E-state index < -0.39 is 6.17 Å². The zero-order valence-electron chi connectivity index (χ0n) is 7.78. The van der Waals surface area contributed by atoms with E-state index in [1.165, 1.54) is 0 Å². The van der Waals surface area contributed by atoms with Gasteiger partial charge in [-0.05, 0) is 6.07 Å². The summed E-state index contributed by atoms with van der Waals surface area (Å²) in [6.45, 7) is 1.21. The maximum atomic E-state index is 13.0. The summed E-state index contributed by atoms with van der Waals surface area (Å²) in [5.74, 6) is 0.563. The van der Waals surface area contributed by atoms with E-state index in [0.717, 1.165) is 6.54 Å². The molecule has 1 aliphatic rings. The van der Waals surface area contributed by atoms with Crippen molar-refractivity contribution in [3.05, 3.63) is 18.5 Å². The van der Waals surface area contributed by atoms with Gasteiger partial charge in [-0.2, -0.15) is 0 Å². The van der Waals surface area contributed by atoms with Crippen molar-refractivity contribution in [2.24, 2.45) is 0 Å². The highest BCUT2D eigenvalue weighted by atomic mass is 19.1. The fraction of sp³-hybridized carbons (Fsp3) is 0.556. The molecule has 4 nitrogen and oxygen atoms in total. The smallest absolute Gasteiger partial charge is 0.222 e. The number of nitrogens with one attached hydrogen (secondary N) is 2. The Hall–Kier alpha value is -1.23. The van der Waals surface area contributed by atoms with E-state index in [0.29, 0.717) is 18.9 Å². The number of anilines is 1. The average Bonchev–Trinajstić information content (AvgIpc) is 2.19. The third-order valence-corrected chi connectivity index (χ3v) is 2.20. The number of nitrogens with zero attached hydrogens (tertiary/aromatic N) is 2. The van der Waals surface area contributed by atoms with Crippen LogP contribution in [0.4, 0.5) is 10.3 Å². The second-order valence-electron chi connectivity index (χ2n) is 3.40. The highest BCUT2D eigenvalue weighted by Gasteiger charge is 2.21. The lowest BCUT2D eigenvalue weighted by atomic mass is 10.1. The molecule has 1 aliphatic heterocycles. The van der Waals surface area contributed by atoms with Gasteiger partial charge in [0.1, 0.15) is 6.17 Å². The Morgan fingerprint density at radius 3 is 2.86 bits per heavy atom.